The summed E-state index contributed by atoms with van der Waals surface area (Å²) in [6.45, 7) is 0.182. The van der Waals surface area contributed by atoms with Crippen LogP contribution in [-0.2, 0) is 13.6 Å². The Morgan fingerprint density at radius 2 is 2.19 bits per heavy atom. The number of aromatic carboxylic acids is 1. The van der Waals surface area contributed by atoms with Crippen molar-refractivity contribution in [2.75, 3.05) is 5.32 Å². The van der Waals surface area contributed by atoms with Crippen LogP contribution in [0.15, 0.2) is 29.0 Å². The van der Waals surface area contributed by atoms with Crippen molar-refractivity contribution < 1.29 is 14.7 Å². The summed E-state index contributed by atoms with van der Waals surface area (Å²) in [6, 6.07) is 4.05. The molecule has 0 unspecified atom stereocenters. The lowest BCUT2D eigenvalue weighted by Gasteiger charge is -2.10. The quantitative estimate of drug-likeness (QED) is 0.773. The number of carboxylic acid groups (broad SMARTS) is 1. The molecule has 0 radical (unpaired) electrons. The highest BCUT2D eigenvalue weighted by Gasteiger charge is 2.13. The zero-order valence-electron chi connectivity index (χ0n) is 11.0. The van der Waals surface area contributed by atoms with Crippen molar-refractivity contribution in [3.05, 3.63) is 40.4 Å². The van der Waals surface area contributed by atoms with E-state index in [1.807, 2.05) is 0 Å². The highest BCUT2D eigenvalue weighted by molar-refractivity contribution is 9.10. The average Bonchev–Trinajstić information content (AvgIpc) is 2.84. The van der Waals surface area contributed by atoms with Crippen molar-refractivity contribution in [2.24, 2.45) is 7.05 Å². The fraction of sp³-hybridized carbons (Fsp3) is 0.167. The number of carbonyl (C=O) groups excluding carboxylic acids is 1. The fourth-order valence-corrected chi connectivity index (χ4v) is 1.96. The lowest BCUT2D eigenvalue weighted by molar-refractivity contribution is 0.0698. The first kappa shape index (κ1) is 15.0. The summed E-state index contributed by atoms with van der Waals surface area (Å²) >= 11 is 3.19. The average molecular weight is 354 g/mol. The van der Waals surface area contributed by atoms with Gasteiger partial charge in [-0.2, -0.15) is 0 Å². The van der Waals surface area contributed by atoms with Gasteiger partial charge in [-0.15, -0.1) is 10.2 Å². The second-order valence-electron chi connectivity index (χ2n) is 4.16. The second-order valence-corrected chi connectivity index (χ2v) is 5.08. The smallest absolute Gasteiger partial charge is 0.337 e. The Hall–Kier alpha value is -2.42. The van der Waals surface area contributed by atoms with Gasteiger partial charge in [0.15, 0.2) is 5.82 Å². The SMILES string of the molecule is Cn1cnnc1CNC(=O)Nc1ccc(Br)cc1C(=O)O. The number of benzene rings is 1. The van der Waals surface area contributed by atoms with Gasteiger partial charge in [0.1, 0.15) is 6.33 Å². The Bertz CT molecular complexity index is 685. The van der Waals surface area contributed by atoms with E-state index in [-0.39, 0.29) is 17.8 Å². The largest absolute Gasteiger partial charge is 0.478 e. The summed E-state index contributed by atoms with van der Waals surface area (Å²) < 4.78 is 2.28. The maximum absolute atomic E-state index is 11.8. The zero-order chi connectivity index (χ0) is 15.4. The number of rotatable bonds is 4. The molecular formula is C12H12BrN5O3. The van der Waals surface area contributed by atoms with Crippen LogP contribution in [0.2, 0.25) is 0 Å². The van der Waals surface area contributed by atoms with E-state index in [4.69, 9.17) is 5.11 Å². The van der Waals surface area contributed by atoms with Crippen LogP contribution < -0.4 is 10.6 Å². The minimum Gasteiger partial charge on any atom is -0.478 e. The molecule has 0 aliphatic carbocycles. The van der Waals surface area contributed by atoms with E-state index in [2.05, 4.69) is 36.8 Å². The number of halogens is 1. The summed E-state index contributed by atoms with van der Waals surface area (Å²) in [4.78, 5) is 22.9. The molecule has 21 heavy (non-hydrogen) atoms. The fourth-order valence-electron chi connectivity index (χ4n) is 1.60. The van der Waals surface area contributed by atoms with Gasteiger partial charge in [-0.1, -0.05) is 15.9 Å². The number of carboxylic acids is 1. The number of carbonyl (C=O) groups is 2. The van der Waals surface area contributed by atoms with E-state index < -0.39 is 12.0 Å². The molecule has 0 aliphatic rings. The topological polar surface area (TPSA) is 109 Å². The molecule has 0 spiro atoms. The molecule has 0 aliphatic heterocycles. The number of amides is 2. The lowest BCUT2D eigenvalue weighted by atomic mass is 10.2. The Morgan fingerprint density at radius 3 is 2.81 bits per heavy atom. The summed E-state index contributed by atoms with van der Waals surface area (Å²) in [5.41, 5.74) is 0.208. The Morgan fingerprint density at radius 1 is 1.43 bits per heavy atom. The maximum Gasteiger partial charge on any atom is 0.337 e. The van der Waals surface area contributed by atoms with Gasteiger partial charge in [-0.05, 0) is 18.2 Å². The third-order valence-corrected chi connectivity index (χ3v) is 3.17. The van der Waals surface area contributed by atoms with Crippen LogP contribution >= 0.6 is 15.9 Å². The van der Waals surface area contributed by atoms with Gasteiger partial charge in [-0.3, -0.25) is 0 Å². The molecule has 0 saturated heterocycles. The summed E-state index contributed by atoms with van der Waals surface area (Å²) in [5, 5.41) is 21.7. The van der Waals surface area contributed by atoms with E-state index in [1.54, 1.807) is 17.7 Å². The summed E-state index contributed by atoms with van der Waals surface area (Å²) in [5.74, 6) is -0.542. The monoisotopic (exact) mass is 353 g/mol. The van der Waals surface area contributed by atoms with E-state index in [1.165, 1.54) is 18.5 Å². The molecule has 1 aromatic heterocycles. The van der Waals surface area contributed by atoms with E-state index in [0.29, 0.717) is 10.3 Å². The van der Waals surface area contributed by atoms with Gasteiger partial charge >= 0.3 is 12.0 Å². The number of urea groups is 1. The molecule has 0 atom stereocenters. The first-order valence-electron chi connectivity index (χ1n) is 5.88. The molecule has 2 rings (SSSR count). The highest BCUT2D eigenvalue weighted by Crippen LogP contribution is 2.21. The van der Waals surface area contributed by atoms with Crippen molar-refractivity contribution in [3.63, 3.8) is 0 Å². The van der Waals surface area contributed by atoms with Crippen LogP contribution in [-0.4, -0.2) is 31.9 Å². The van der Waals surface area contributed by atoms with Gasteiger partial charge < -0.3 is 20.3 Å². The molecule has 1 heterocycles. The molecular weight excluding hydrogens is 342 g/mol. The number of nitrogens with zero attached hydrogens (tertiary/aromatic N) is 3. The van der Waals surface area contributed by atoms with Crippen molar-refractivity contribution in [3.8, 4) is 0 Å². The number of aryl methyl sites for hydroxylation is 1. The van der Waals surface area contributed by atoms with Gasteiger partial charge in [0, 0.05) is 11.5 Å². The molecule has 0 saturated carbocycles. The van der Waals surface area contributed by atoms with Gasteiger partial charge in [-0.25, -0.2) is 9.59 Å². The standard InChI is InChI=1S/C12H12BrN5O3/c1-18-6-15-17-10(18)5-14-12(21)16-9-3-2-7(13)4-8(9)11(19)20/h2-4,6H,5H2,1H3,(H,19,20)(H2,14,16,21). The minimum atomic E-state index is -1.13. The molecule has 2 amide bonds. The molecule has 0 fully saturated rings. The van der Waals surface area contributed by atoms with Crippen LogP contribution in [0.4, 0.5) is 10.5 Å². The van der Waals surface area contributed by atoms with Gasteiger partial charge in [0.2, 0.25) is 0 Å². The molecule has 3 N–H and O–H groups in total. The van der Waals surface area contributed by atoms with E-state index in [0.717, 1.165) is 0 Å². The third kappa shape index (κ3) is 3.78. The van der Waals surface area contributed by atoms with Crippen LogP contribution in [0.3, 0.4) is 0 Å². The van der Waals surface area contributed by atoms with Gasteiger partial charge in [0.25, 0.3) is 0 Å². The minimum absolute atomic E-state index is 0.00168. The molecule has 2 aromatic rings. The number of hydrogen-bond acceptors (Lipinski definition) is 4. The Labute approximate surface area is 128 Å². The first-order chi connectivity index (χ1) is 9.97. The van der Waals surface area contributed by atoms with Crippen LogP contribution in [0.5, 0.6) is 0 Å². The van der Waals surface area contributed by atoms with Crippen LogP contribution in [0, 0.1) is 0 Å². The molecule has 0 bridgehead atoms. The summed E-state index contributed by atoms with van der Waals surface area (Å²) in [7, 11) is 1.76. The number of aromatic nitrogens is 3. The van der Waals surface area contributed by atoms with Crippen molar-refractivity contribution in [2.45, 2.75) is 6.54 Å². The second kappa shape index (κ2) is 6.35. The van der Waals surface area contributed by atoms with Crippen molar-refractivity contribution in [1.29, 1.82) is 0 Å². The number of nitrogens with one attached hydrogen (secondary N) is 2. The van der Waals surface area contributed by atoms with Crippen molar-refractivity contribution in [1.82, 2.24) is 20.1 Å². The predicted octanol–water partition coefficient (Wildman–Crippen LogP) is 1.60. The van der Waals surface area contributed by atoms with Crippen LogP contribution in [0.25, 0.3) is 0 Å². The lowest BCUT2D eigenvalue weighted by Crippen LogP contribution is -2.29. The molecule has 9 heteroatoms. The zero-order valence-corrected chi connectivity index (χ0v) is 12.6. The predicted molar refractivity (Wildman–Crippen MR) is 78.0 cm³/mol. The number of anilines is 1. The molecule has 1 aromatic carbocycles. The number of hydrogen-bond donors (Lipinski definition) is 3. The third-order valence-electron chi connectivity index (χ3n) is 2.67. The maximum atomic E-state index is 11.8. The summed E-state index contributed by atoms with van der Waals surface area (Å²) in [6.07, 6.45) is 1.52. The first-order valence-corrected chi connectivity index (χ1v) is 6.67. The van der Waals surface area contributed by atoms with E-state index in [9.17, 15) is 9.59 Å². The van der Waals surface area contributed by atoms with E-state index >= 15 is 0 Å². The Balaban J connectivity index is 2.03. The van der Waals surface area contributed by atoms with Crippen LogP contribution in [0.1, 0.15) is 16.2 Å². The highest BCUT2D eigenvalue weighted by atomic mass is 79.9. The van der Waals surface area contributed by atoms with Gasteiger partial charge in [0.05, 0.1) is 17.8 Å². The van der Waals surface area contributed by atoms with Crippen molar-refractivity contribution >= 4 is 33.6 Å². The molecule has 110 valence electrons. The normalized spacial score (nSPS) is 10.2. The molecule has 8 nitrogen and oxygen atoms in total. The Kier molecular flexibility index (Phi) is 4.53.